The fourth-order valence-corrected chi connectivity index (χ4v) is 2.53. The zero-order valence-electron chi connectivity index (χ0n) is 12.7. The predicted molar refractivity (Wildman–Crippen MR) is 87.4 cm³/mol. The lowest BCUT2D eigenvalue weighted by molar-refractivity contribution is -0.118. The van der Waals surface area contributed by atoms with E-state index < -0.39 is 6.10 Å². The Morgan fingerprint density at radius 1 is 1.33 bits per heavy atom. The van der Waals surface area contributed by atoms with Gasteiger partial charge in [-0.25, -0.2) is 0 Å². The fraction of sp³-hybridized carbons (Fsp3) is 0.562. The van der Waals surface area contributed by atoms with Crippen molar-refractivity contribution in [3.63, 3.8) is 0 Å². The van der Waals surface area contributed by atoms with Crippen LogP contribution >= 0.6 is 11.8 Å². The van der Waals surface area contributed by atoms with E-state index in [4.69, 9.17) is 4.74 Å². The van der Waals surface area contributed by atoms with E-state index in [0.717, 1.165) is 12.0 Å². The van der Waals surface area contributed by atoms with Crippen LogP contribution in [0.1, 0.15) is 31.9 Å². The first kappa shape index (κ1) is 18.0. The van der Waals surface area contributed by atoms with E-state index in [1.54, 1.807) is 0 Å². The number of carbonyl (C=O) groups is 1. The Morgan fingerprint density at radius 2 is 2.05 bits per heavy atom. The zero-order chi connectivity index (χ0) is 15.5. The highest BCUT2D eigenvalue weighted by molar-refractivity contribution is 7.99. The predicted octanol–water partition coefficient (Wildman–Crippen LogP) is 2.38. The SMILES string of the molecule is CC(C)OCCCNC(=O)CSCC(O)c1ccccc1. The van der Waals surface area contributed by atoms with Gasteiger partial charge in [0.05, 0.1) is 18.0 Å². The average Bonchev–Trinajstić information content (AvgIpc) is 2.47. The zero-order valence-corrected chi connectivity index (χ0v) is 13.6. The Bertz CT molecular complexity index is 398. The molecule has 4 nitrogen and oxygen atoms in total. The van der Waals surface area contributed by atoms with Gasteiger partial charge < -0.3 is 15.2 Å². The topological polar surface area (TPSA) is 58.6 Å². The molecule has 2 N–H and O–H groups in total. The summed E-state index contributed by atoms with van der Waals surface area (Å²) in [6, 6.07) is 9.49. The van der Waals surface area contributed by atoms with Crippen molar-refractivity contribution in [2.45, 2.75) is 32.5 Å². The first-order valence-electron chi connectivity index (χ1n) is 7.28. The molecule has 0 saturated carbocycles. The van der Waals surface area contributed by atoms with E-state index in [1.165, 1.54) is 11.8 Å². The van der Waals surface area contributed by atoms with Crippen molar-refractivity contribution >= 4 is 17.7 Å². The molecule has 1 rings (SSSR count). The quantitative estimate of drug-likeness (QED) is 0.651. The van der Waals surface area contributed by atoms with Crippen LogP contribution in [0.4, 0.5) is 0 Å². The maximum atomic E-state index is 11.6. The molecule has 0 aliphatic heterocycles. The monoisotopic (exact) mass is 311 g/mol. The maximum Gasteiger partial charge on any atom is 0.229 e. The number of nitrogens with one attached hydrogen (secondary N) is 1. The summed E-state index contributed by atoms with van der Waals surface area (Å²) in [5, 5.41) is 12.8. The first-order chi connectivity index (χ1) is 10.1. The molecule has 0 aliphatic rings. The van der Waals surface area contributed by atoms with E-state index in [9.17, 15) is 9.90 Å². The largest absolute Gasteiger partial charge is 0.388 e. The molecule has 1 aromatic carbocycles. The maximum absolute atomic E-state index is 11.6. The molecule has 0 aliphatic carbocycles. The summed E-state index contributed by atoms with van der Waals surface area (Å²) in [6.07, 6.45) is 0.528. The van der Waals surface area contributed by atoms with Crippen molar-refractivity contribution in [3.8, 4) is 0 Å². The third-order valence-electron chi connectivity index (χ3n) is 2.79. The Kier molecular flexibility index (Phi) is 9.14. The number of amides is 1. The molecular formula is C16H25NO3S. The minimum absolute atomic E-state index is 0.00445. The number of aliphatic hydroxyl groups is 1. The smallest absolute Gasteiger partial charge is 0.229 e. The molecule has 0 radical (unpaired) electrons. The molecular weight excluding hydrogens is 286 g/mol. The summed E-state index contributed by atoms with van der Waals surface area (Å²) in [5.74, 6) is 0.896. The van der Waals surface area contributed by atoms with Gasteiger partial charge in [-0.05, 0) is 25.8 Å². The fourth-order valence-electron chi connectivity index (χ4n) is 1.70. The van der Waals surface area contributed by atoms with Gasteiger partial charge in [0.2, 0.25) is 5.91 Å². The third-order valence-corrected chi connectivity index (χ3v) is 3.81. The van der Waals surface area contributed by atoms with Gasteiger partial charge in [-0.2, -0.15) is 0 Å². The van der Waals surface area contributed by atoms with E-state index >= 15 is 0 Å². The molecule has 0 heterocycles. The molecule has 21 heavy (non-hydrogen) atoms. The van der Waals surface area contributed by atoms with E-state index in [2.05, 4.69) is 5.32 Å². The number of hydrogen-bond acceptors (Lipinski definition) is 4. The Hall–Kier alpha value is -1.04. The number of aliphatic hydroxyl groups excluding tert-OH is 1. The summed E-state index contributed by atoms with van der Waals surface area (Å²) in [7, 11) is 0. The second-order valence-corrected chi connectivity index (χ2v) is 6.09. The van der Waals surface area contributed by atoms with Gasteiger partial charge in [0, 0.05) is 18.9 Å². The van der Waals surface area contributed by atoms with Crippen LogP contribution in [0.2, 0.25) is 0 Å². The van der Waals surface area contributed by atoms with Crippen LogP contribution in [0, 0.1) is 0 Å². The molecule has 1 aromatic rings. The normalized spacial score (nSPS) is 12.4. The molecule has 1 atom stereocenters. The molecule has 0 bridgehead atoms. The lowest BCUT2D eigenvalue weighted by Gasteiger charge is -2.11. The Morgan fingerprint density at radius 3 is 2.71 bits per heavy atom. The number of hydrogen-bond donors (Lipinski definition) is 2. The standard InChI is InChI=1S/C16H25NO3S/c1-13(2)20-10-6-9-17-16(19)12-21-11-15(18)14-7-4-3-5-8-14/h3-5,7-8,13,15,18H,6,9-12H2,1-2H3,(H,17,19). The van der Waals surface area contributed by atoms with Crippen LogP contribution in [0.25, 0.3) is 0 Å². The highest BCUT2D eigenvalue weighted by Crippen LogP contribution is 2.17. The number of thioether (sulfide) groups is 1. The van der Waals surface area contributed by atoms with Gasteiger partial charge in [0.1, 0.15) is 0 Å². The van der Waals surface area contributed by atoms with E-state index in [1.807, 2.05) is 44.2 Å². The number of ether oxygens (including phenoxy) is 1. The number of benzene rings is 1. The van der Waals surface area contributed by atoms with Crippen molar-refractivity contribution in [3.05, 3.63) is 35.9 Å². The lowest BCUT2D eigenvalue weighted by atomic mass is 10.1. The summed E-state index contributed by atoms with van der Waals surface area (Å²) < 4.78 is 5.40. The second kappa shape index (κ2) is 10.7. The summed E-state index contributed by atoms with van der Waals surface area (Å²) in [5.41, 5.74) is 0.885. The van der Waals surface area contributed by atoms with Crippen LogP contribution in [-0.4, -0.2) is 41.8 Å². The van der Waals surface area contributed by atoms with Crippen molar-refractivity contribution in [2.75, 3.05) is 24.7 Å². The first-order valence-corrected chi connectivity index (χ1v) is 8.44. The summed E-state index contributed by atoms with van der Waals surface area (Å²) in [6.45, 7) is 5.28. The molecule has 5 heteroatoms. The second-order valence-electron chi connectivity index (χ2n) is 5.06. The van der Waals surface area contributed by atoms with E-state index in [0.29, 0.717) is 24.7 Å². The third kappa shape index (κ3) is 8.75. The Labute approximate surface area is 131 Å². The molecule has 0 aromatic heterocycles. The molecule has 1 amide bonds. The van der Waals surface area contributed by atoms with Crippen molar-refractivity contribution < 1.29 is 14.6 Å². The molecule has 0 spiro atoms. The van der Waals surface area contributed by atoms with Gasteiger partial charge in [0.15, 0.2) is 0 Å². The van der Waals surface area contributed by atoms with Gasteiger partial charge >= 0.3 is 0 Å². The highest BCUT2D eigenvalue weighted by atomic mass is 32.2. The van der Waals surface area contributed by atoms with E-state index in [-0.39, 0.29) is 12.0 Å². The number of rotatable bonds is 10. The van der Waals surface area contributed by atoms with Crippen molar-refractivity contribution in [2.24, 2.45) is 0 Å². The summed E-state index contributed by atoms with van der Waals surface area (Å²) >= 11 is 1.44. The molecule has 0 fully saturated rings. The van der Waals surface area contributed by atoms with Crippen molar-refractivity contribution in [1.29, 1.82) is 0 Å². The van der Waals surface area contributed by atoms with Crippen molar-refractivity contribution in [1.82, 2.24) is 5.32 Å². The van der Waals surface area contributed by atoms with Gasteiger partial charge in [-0.1, -0.05) is 30.3 Å². The van der Waals surface area contributed by atoms with Crippen LogP contribution in [0.3, 0.4) is 0 Å². The Balaban J connectivity index is 2.05. The minimum Gasteiger partial charge on any atom is -0.388 e. The van der Waals surface area contributed by atoms with Gasteiger partial charge in [-0.15, -0.1) is 11.8 Å². The van der Waals surface area contributed by atoms with Crippen LogP contribution in [0.15, 0.2) is 30.3 Å². The lowest BCUT2D eigenvalue weighted by Crippen LogP contribution is -2.27. The number of carbonyl (C=O) groups excluding carboxylic acids is 1. The highest BCUT2D eigenvalue weighted by Gasteiger charge is 2.08. The molecule has 118 valence electrons. The van der Waals surface area contributed by atoms with Gasteiger partial charge in [0.25, 0.3) is 0 Å². The average molecular weight is 311 g/mol. The van der Waals surface area contributed by atoms with Gasteiger partial charge in [-0.3, -0.25) is 4.79 Å². The summed E-state index contributed by atoms with van der Waals surface area (Å²) in [4.78, 5) is 11.6. The van der Waals surface area contributed by atoms with Crippen LogP contribution in [0.5, 0.6) is 0 Å². The van der Waals surface area contributed by atoms with Crippen LogP contribution in [-0.2, 0) is 9.53 Å². The van der Waals surface area contributed by atoms with Crippen LogP contribution < -0.4 is 5.32 Å². The molecule has 0 saturated heterocycles. The molecule has 1 unspecified atom stereocenters. The minimum atomic E-state index is -0.525.